The number of cyclic esters (lactones) is 1. The molecule has 1 aliphatic heterocycles. The lowest BCUT2D eigenvalue weighted by atomic mass is 9.88. The number of carbonyl (C=O) groups is 1. The summed E-state index contributed by atoms with van der Waals surface area (Å²) in [7, 11) is 0. The van der Waals surface area contributed by atoms with E-state index < -0.39 is 0 Å². The van der Waals surface area contributed by atoms with Crippen LogP contribution in [0.5, 0.6) is 0 Å². The van der Waals surface area contributed by atoms with E-state index in [1.54, 1.807) is 0 Å². The van der Waals surface area contributed by atoms with Crippen LogP contribution in [0.3, 0.4) is 0 Å². The molecule has 0 amide bonds. The summed E-state index contributed by atoms with van der Waals surface area (Å²) in [5.41, 5.74) is 0.351. The monoisotopic (exact) mass is 184 g/mol. The van der Waals surface area contributed by atoms with E-state index in [1.807, 2.05) is 0 Å². The van der Waals surface area contributed by atoms with Crippen molar-refractivity contribution in [3.63, 3.8) is 0 Å². The second-order valence-corrected chi connectivity index (χ2v) is 5.10. The van der Waals surface area contributed by atoms with Crippen LogP contribution in [-0.4, -0.2) is 12.1 Å². The Hall–Kier alpha value is -0.530. The van der Waals surface area contributed by atoms with Crippen molar-refractivity contribution >= 4 is 5.97 Å². The van der Waals surface area contributed by atoms with Gasteiger partial charge in [-0.2, -0.15) is 0 Å². The summed E-state index contributed by atoms with van der Waals surface area (Å²) in [6.45, 7) is 6.66. The third kappa shape index (κ3) is 4.30. The molecule has 1 rings (SSSR count). The van der Waals surface area contributed by atoms with Crippen molar-refractivity contribution in [2.24, 2.45) is 5.41 Å². The number of ether oxygens (including phenoxy) is 1. The standard InChI is InChI=1S/C11H20O2/c1-11(2,3)8-7-9-5-4-6-10(12)13-9/h9H,4-8H2,1-3H3/t9-/m1/s1. The van der Waals surface area contributed by atoms with Gasteiger partial charge in [-0.1, -0.05) is 20.8 Å². The van der Waals surface area contributed by atoms with Crippen LogP contribution in [0.25, 0.3) is 0 Å². The van der Waals surface area contributed by atoms with E-state index in [1.165, 1.54) is 0 Å². The third-order valence-electron chi connectivity index (χ3n) is 2.42. The number of hydrogen-bond donors (Lipinski definition) is 0. The van der Waals surface area contributed by atoms with Crippen LogP contribution in [0.1, 0.15) is 52.9 Å². The molecule has 0 spiro atoms. The predicted molar refractivity (Wildman–Crippen MR) is 52.4 cm³/mol. The Morgan fingerprint density at radius 2 is 2.15 bits per heavy atom. The summed E-state index contributed by atoms with van der Waals surface area (Å²) < 4.78 is 5.24. The van der Waals surface area contributed by atoms with Crippen LogP contribution in [0.15, 0.2) is 0 Å². The second kappa shape index (κ2) is 4.12. The summed E-state index contributed by atoms with van der Waals surface area (Å²) in [6, 6.07) is 0. The van der Waals surface area contributed by atoms with Crippen LogP contribution in [0.2, 0.25) is 0 Å². The van der Waals surface area contributed by atoms with Gasteiger partial charge in [0.2, 0.25) is 0 Å². The van der Waals surface area contributed by atoms with Crippen molar-refractivity contribution < 1.29 is 9.53 Å². The Kier molecular flexibility index (Phi) is 3.34. The van der Waals surface area contributed by atoms with E-state index in [0.29, 0.717) is 11.8 Å². The van der Waals surface area contributed by atoms with Gasteiger partial charge in [-0.15, -0.1) is 0 Å². The molecule has 13 heavy (non-hydrogen) atoms. The minimum Gasteiger partial charge on any atom is -0.462 e. The second-order valence-electron chi connectivity index (χ2n) is 5.10. The molecule has 0 aliphatic carbocycles. The molecule has 1 atom stereocenters. The molecule has 1 heterocycles. The van der Waals surface area contributed by atoms with Gasteiger partial charge in [0.05, 0.1) is 0 Å². The first-order valence-corrected chi connectivity index (χ1v) is 5.17. The first kappa shape index (κ1) is 10.6. The highest BCUT2D eigenvalue weighted by Gasteiger charge is 2.22. The van der Waals surface area contributed by atoms with Crippen molar-refractivity contribution in [1.29, 1.82) is 0 Å². The number of esters is 1. The molecule has 0 aromatic carbocycles. The molecule has 76 valence electrons. The van der Waals surface area contributed by atoms with E-state index in [0.717, 1.165) is 25.7 Å². The molecule has 0 radical (unpaired) electrons. The average molecular weight is 184 g/mol. The molecule has 0 N–H and O–H groups in total. The largest absolute Gasteiger partial charge is 0.462 e. The van der Waals surface area contributed by atoms with Crippen LogP contribution in [0, 0.1) is 5.41 Å². The quantitative estimate of drug-likeness (QED) is 0.617. The van der Waals surface area contributed by atoms with Crippen molar-refractivity contribution in [3.8, 4) is 0 Å². The van der Waals surface area contributed by atoms with Crippen molar-refractivity contribution in [1.82, 2.24) is 0 Å². The fraction of sp³-hybridized carbons (Fsp3) is 0.909. The van der Waals surface area contributed by atoms with Gasteiger partial charge < -0.3 is 4.74 Å². The molecule has 2 nitrogen and oxygen atoms in total. The maximum Gasteiger partial charge on any atom is 0.306 e. The Bertz CT molecular complexity index is 179. The summed E-state index contributed by atoms with van der Waals surface area (Å²) >= 11 is 0. The molecule has 0 unspecified atom stereocenters. The lowest BCUT2D eigenvalue weighted by Gasteiger charge is -2.25. The topological polar surface area (TPSA) is 26.3 Å². The Morgan fingerprint density at radius 1 is 1.46 bits per heavy atom. The van der Waals surface area contributed by atoms with Gasteiger partial charge in [-0.25, -0.2) is 0 Å². The predicted octanol–water partition coefficient (Wildman–Crippen LogP) is 2.91. The fourth-order valence-corrected chi connectivity index (χ4v) is 1.58. The van der Waals surface area contributed by atoms with Crippen LogP contribution >= 0.6 is 0 Å². The summed E-state index contributed by atoms with van der Waals surface area (Å²) in [4.78, 5) is 11.0. The van der Waals surface area contributed by atoms with Crippen LogP contribution in [0.4, 0.5) is 0 Å². The van der Waals surface area contributed by atoms with Crippen molar-refractivity contribution in [2.75, 3.05) is 0 Å². The Morgan fingerprint density at radius 3 is 2.69 bits per heavy atom. The van der Waals surface area contributed by atoms with Crippen molar-refractivity contribution in [3.05, 3.63) is 0 Å². The molecular formula is C11H20O2. The molecule has 0 aromatic rings. The zero-order valence-electron chi connectivity index (χ0n) is 8.93. The highest BCUT2D eigenvalue weighted by atomic mass is 16.5. The maximum absolute atomic E-state index is 11.0. The highest BCUT2D eigenvalue weighted by molar-refractivity contribution is 5.70. The summed E-state index contributed by atoms with van der Waals surface area (Å²) in [5, 5.41) is 0. The number of rotatable bonds is 2. The Balaban J connectivity index is 2.25. The molecule has 0 bridgehead atoms. The van der Waals surface area contributed by atoms with Crippen LogP contribution < -0.4 is 0 Å². The van der Waals surface area contributed by atoms with E-state index in [-0.39, 0.29) is 12.1 Å². The lowest BCUT2D eigenvalue weighted by Crippen LogP contribution is -2.24. The zero-order valence-corrected chi connectivity index (χ0v) is 8.93. The highest BCUT2D eigenvalue weighted by Crippen LogP contribution is 2.26. The normalized spacial score (nSPS) is 24.2. The summed E-state index contributed by atoms with van der Waals surface area (Å²) in [5.74, 6) is -0.00911. The summed E-state index contributed by atoms with van der Waals surface area (Å²) in [6.07, 6.45) is 5.03. The molecule has 1 aliphatic rings. The number of hydrogen-bond acceptors (Lipinski definition) is 2. The molecule has 1 saturated heterocycles. The fourth-order valence-electron chi connectivity index (χ4n) is 1.58. The van der Waals surface area contributed by atoms with E-state index in [9.17, 15) is 4.79 Å². The van der Waals surface area contributed by atoms with Gasteiger partial charge in [-0.05, 0) is 31.1 Å². The van der Waals surface area contributed by atoms with E-state index in [2.05, 4.69) is 20.8 Å². The molecular weight excluding hydrogens is 164 g/mol. The SMILES string of the molecule is CC(C)(C)CC[C@H]1CCCC(=O)O1. The maximum atomic E-state index is 11.0. The smallest absolute Gasteiger partial charge is 0.306 e. The number of carbonyl (C=O) groups excluding carboxylic acids is 1. The molecule has 0 saturated carbocycles. The van der Waals surface area contributed by atoms with Gasteiger partial charge >= 0.3 is 5.97 Å². The van der Waals surface area contributed by atoms with Gasteiger partial charge in [0.1, 0.15) is 6.10 Å². The van der Waals surface area contributed by atoms with Crippen LogP contribution in [-0.2, 0) is 9.53 Å². The van der Waals surface area contributed by atoms with Crippen molar-refractivity contribution in [2.45, 2.75) is 59.0 Å². The van der Waals surface area contributed by atoms with E-state index >= 15 is 0 Å². The van der Waals surface area contributed by atoms with E-state index in [4.69, 9.17) is 4.74 Å². The lowest BCUT2D eigenvalue weighted by molar-refractivity contribution is -0.154. The third-order valence-corrected chi connectivity index (χ3v) is 2.42. The average Bonchev–Trinajstić information content (AvgIpc) is 2.00. The first-order chi connectivity index (χ1) is 5.97. The zero-order chi connectivity index (χ0) is 9.90. The minimum atomic E-state index is -0.00911. The van der Waals surface area contributed by atoms with Gasteiger partial charge in [0.25, 0.3) is 0 Å². The minimum absolute atomic E-state index is 0.00911. The molecule has 2 heteroatoms. The van der Waals surface area contributed by atoms with Gasteiger partial charge in [0, 0.05) is 6.42 Å². The van der Waals surface area contributed by atoms with Gasteiger partial charge in [0.15, 0.2) is 0 Å². The Labute approximate surface area is 80.7 Å². The first-order valence-electron chi connectivity index (χ1n) is 5.17. The van der Waals surface area contributed by atoms with Gasteiger partial charge in [-0.3, -0.25) is 4.79 Å². The molecule has 0 aromatic heterocycles. The molecule has 1 fully saturated rings.